The first kappa shape index (κ1) is 33.7. The first-order chi connectivity index (χ1) is 21.7. The van der Waals surface area contributed by atoms with Gasteiger partial charge in [0.25, 0.3) is 11.5 Å². The van der Waals surface area contributed by atoms with Gasteiger partial charge in [0, 0.05) is 12.1 Å². The third-order valence-corrected chi connectivity index (χ3v) is 8.92. The zero-order valence-electron chi connectivity index (χ0n) is 25.5. The van der Waals surface area contributed by atoms with E-state index in [-0.39, 0.29) is 61.3 Å². The Morgan fingerprint density at radius 2 is 1.63 bits per heavy atom. The third-order valence-electron chi connectivity index (χ3n) is 8.92. The first-order valence-corrected chi connectivity index (χ1v) is 15.4. The Bertz CT molecular complexity index is 1480. The molecule has 2 N–H and O–H groups in total. The Labute approximate surface area is 262 Å². The summed E-state index contributed by atoms with van der Waals surface area (Å²) in [6, 6.07) is 5.34. The normalized spacial score (nSPS) is 19.8. The molecule has 46 heavy (non-hydrogen) atoms. The maximum Gasteiger partial charge on any atom is 0.430 e. The average Bonchev–Trinajstić information content (AvgIpc) is 3.59. The third kappa shape index (κ3) is 5.62. The van der Waals surface area contributed by atoms with E-state index in [9.17, 15) is 41.0 Å². The maximum atomic E-state index is 13.8. The fraction of sp³-hybridized carbons (Fsp3) is 0.562. The minimum atomic E-state index is -5.98. The molecule has 1 unspecified atom stereocenters. The van der Waals surface area contributed by atoms with Crippen LogP contribution in [0.4, 0.5) is 31.1 Å². The zero-order valence-corrected chi connectivity index (χ0v) is 25.5. The monoisotopic (exact) mass is 658 g/mol. The molecule has 0 aromatic heterocycles. The van der Waals surface area contributed by atoms with Crippen LogP contribution >= 0.6 is 0 Å². The molecule has 2 heterocycles. The predicted molar refractivity (Wildman–Crippen MR) is 153 cm³/mol. The number of fused-ring (bicyclic) bond motifs is 2. The van der Waals surface area contributed by atoms with Gasteiger partial charge in [0.15, 0.2) is 11.5 Å². The number of rotatable bonds is 11. The summed E-state index contributed by atoms with van der Waals surface area (Å²) < 4.78 is 100. The van der Waals surface area contributed by atoms with Crippen LogP contribution in [0.1, 0.15) is 73.8 Å². The van der Waals surface area contributed by atoms with Gasteiger partial charge < -0.3 is 24.6 Å². The highest BCUT2D eigenvalue weighted by atomic mass is 19.4. The van der Waals surface area contributed by atoms with Gasteiger partial charge in [-0.2, -0.15) is 26.3 Å². The van der Waals surface area contributed by atoms with Crippen molar-refractivity contribution >= 4 is 11.9 Å². The van der Waals surface area contributed by atoms with Crippen LogP contribution in [-0.2, 0) is 35.2 Å². The molecule has 14 heteroatoms. The molecule has 1 atom stereocenters. The summed E-state index contributed by atoms with van der Waals surface area (Å²) in [5.74, 6) is 0.854. The predicted octanol–water partition coefficient (Wildman–Crippen LogP) is 6.23. The Morgan fingerprint density at radius 1 is 0.957 bits per heavy atom. The lowest BCUT2D eigenvalue weighted by Crippen LogP contribution is -2.54. The van der Waals surface area contributed by atoms with Crippen LogP contribution in [0, 0.1) is 0 Å². The Hall–Kier alpha value is -3.68. The lowest BCUT2D eigenvalue weighted by molar-refractivity contribution is -0.376. The number of hydrogen-bond acceptors (Lipinski definition) is 6. The second-order valence-corrected chi connectivity index (χ2v) is 11.7. The topological polar surface area (TPSA) is 97.3 Å². The number of aliphatic hydroxyl groups is 1. The summed E-state index contributed by atoms with van der Waals surface area (Å²) in [6.45, 7) is 4.41. The zero-order chi connectivity index (χ0) is 33.5. The van der Waals surface area contributed by atoms with E-state index >= 15 is 0 Å². The number of carbonyl (C=O) groups excluding carboxylic acids is 2. The molecule has 252 valence electrons. The highest BCUT2D eigenvalue weighted by molar-refractivity contribution is 6.07. The van der Waals surface area contributed by atoms with Crippen molar-refractivity contribution < 1.29 is 55.2 Å². The van der Waals surface area contributed by atoms with E-state index in [4.69, 9.17) is 14.2 Å². The van der Waals surface area contributed by atoms with Crippen molar-refractivity contribution in [2.24, 2.45) is 0 Å². The van der Waals surface area contributed by atoms with Crippen LogP contribution < -0.4 is 19.5 Å². The van der Waals surface area contributed by atoms with Gasteiger partial charge in [-0.25, -0.2) is 4.79 Å². The maximum absolute atomic E-state index is 13.8. The summed E-state index contributed by atoms with van der Waals surface area (Å²) >= 11 is 0. The fourth-order valence-corrected chi connectivity index (χ4v) is 6.56. The number of aryl methyl sites for hydroxylation is 1. The molecule has 0 saturated carbocycles. The largest absolute Gasteiger partial charge is 0.493 e. The lowest BCUT2D eigenvalue weighted by atomic mass is 9.84. The molecule has 0 bridgehead atoms. The molecule has 1 fully saturated rings. The van der Waals surface area contributed by atoms with Crippen molar-refractivity contribution in [3.63, 3.8) is 0 Å². The summed E-state index contributed by atoms with van der Waals surface area (Å²) in [4.78, 5) is 27.6. The molecule has 2 aromatic carbocycles. The molecule has 1 saturated heterocycles. The number of amides is 3. The number of hydrogen-bond donors (Lipinski definition) is 2. The van der Waals surface area contributed by atoms with Gasteiger partial charge in [-0.05, 0) is 85.4 Å². The second kappa shape index (κ2) is 12.5. The fourth-order valence-electron chi connectivity index (χ4n) is 6.56. The highest BCUT2D eigenvalue weighted by Gasteiger charge is 2.72. The molecular weight excluding hydrogens is 622 g/mol. The van der Waals surface area contributed by atoms with Crippen molar-refractivity contribution in [1.82, 2.24) is 10.2 Å². The van der Waals surface area contributed by atoms with Crippen molar-refractivity contribution in [3.8, 4) is 17.2 Å². The number of benzene rings is 2. The molecule has 0 spiro atoms. The second-order valence-electron chi connectivity index (χ2n) is 11.7. The highest BCUT2D eigenvalue weighted by Crippen LogP contribution is 2.53. The quantitative estimate of drug-likeness (QED) is 0.169. The molecule has 2 aliphatic heterocycles. The van der Waals surface area contributed by atoms with E-state index in [1.165, 1.54) is 0 Å². The van der Waals surface area contributed by atoms with Crippen molar-refractivity contribution in [3.05, 3.63) is 52.1 Å². The van der Waals surface area contributed by atoms with Crippen LogP contribution in [0.3, 0.4) is 0 Å². The van der Waals surface area contributed by atoms with Gasteiger partial charge in [0.1, 0.15) is 24.5 Å². The molecule has 1 aliphatic carbocycles. The SMILES string of the molecule is CCCc1cc(C(O)(C(F)(F)F)C(F)(F)F)c2c(c1OCCCCN1C(=O)NC(CC)(c3ccc4c(c3)OCCO4)C1=O)CCC2. The van der Waals surface area contributed by atoms with Crippen LogP contribution in [0.5, 0.6) is 17.2 Å². The Kier molecular flexibility index (Phi) is 9.15. The molecule has 3 aliphatic rings. The number of imide groups is 1. The van der Waals surface area contributed by atoms with Crippen LogP contribution in [0.15, 0.2) is 24.3 Å². The smallest absolute Gasteiger partial charge is 0.430 e. The van der Waals surface area contributed by atoms with Gasteiger partial charge >= 0.3 is 18.4 Å². The van der Waals surface area contributed by atoms with Crippen LogP contribution in [0.25, 0.3) is 0 Å². The Balaban J connectivity index is 1.29. The Morgan fingerprint density at radius 3 is 2.28 bits per heavy atom. The number of unbranched alkanes of at least 4 members (excludes halogenated alkanes) is 1. The first-order valence-electron chi connectivity index (χ1n) is 15.4. The summed E-state index contributed by atoms with van der Waals surface area (Å²) in [5, 5.41) is 13.0. The molecular formula is C32H36F6N2O6. The van der Waals surface area contributed by atoms with Gasteiger partial charge in [-0.1, -0.05) is 26.3 Å². The number of nitrogens with one attached hydrogen (secondary N) is 1. The minimum Gasteiger partial charge on any atom is -0.493 e. The minimum absolute atomic E-state index is 0.0516. The van der Waals surface area contributed by atoms with Gasteiger partial charge in [0.05, 0.1) is 6.61 Å². The number of urea groups is 1. The van der Waals surface area contributed by atoms with E-state index < -0.39 is 41.0 Å². The summed E-state index contributed by atoms with van der Waals surface area (Å²) in [5.41, 5.74) is -6.71. The molecule has 3 amide bonds. The number of ether oxygens (including phenoxy) is 3. The number of alkyl halides is 6. The lowest BCUT2D eigenvalue weighted by Gasteiger charge is -2.35. The number of halogens is 6. The molecule has 5 rings (SSSR count). The molecule has 0 radical (unpaired) electrons. The van der Waals surface area contributed by atoms with Gasteiger partial charge in [0.2, 0.25) is 0 Å². The van der Waals surface area contributed by atoms with Crippen LogP contribution in [-0.4, -0.2) is 60.7 Å². The van der Waals surface area contributed by atoms with Crippen molar-refractivity contribution in [2.45, 2.75) is 88.7 Å². The average molecular weight is 659 g/mol. The van der Waals surface area contributed by atoms with E-state index in [0.717, 1.165) is 11.0 Å². The number of carbonyl (C=O) groups is 2. The van der Waals surface area contributed by atoms with Crippen molar-refractivity contribution in [1.29, 1.82) is 0 Å². The van der Waals surface area contributed by atoms with Crippen LogP contribution in [0.2, 0.25) is 0 Å². The summed E-state index contributed by atoms with van der Waals surface area (Å²) in [6.07, 6.45) is -9.97. The van der Waals surface area contributed by atoms with E-state index in [2.05, 4.69) is 5.32 Å². The van der Waals surface area contributed by atoms with E-state index in [1.807, 2.05) is 0 Å². The van der Waals surface area contributed by atoms with Gasteiger partial charge in [-0.3, -0.25) is 9.69 Å². The van der Waals surface area contributed by atoms with E-state index in [1.54, 1.807) is 32.0 Å². The summed E-state index contributed by atoms with van der Waals surface area (Å²) in [7, 11) is 0. The standard InChI is InChI=1S/C32H36F6N2O6/c1-3-8-19-17-23(30(43,31(33,34)35)32(36,37)38)21-9-7-10-22(21)26(19)46-14-6-5-13-40-27(41)29(4-2,39-28(40)42)20-11-12-24-25(18-20)45-16-15-44-24/h11-12,17-18,43H,3-10,13-16H2,1-2H3,(H,39,42). The number of nitrogens with zero attached hydrogens (tertiary/aromatic N) is 1. The molecule has 2 aromatic rings. The van der Waals surface area contributed by atoms with Gasteiger partial charge in [-0.15, -0.1) is 0 Å². The molecule has 8 nitrogen and oxygen atoms in total. The van der Waals surface area contributed by atoms with Crippen molar-refractivity contribution in [2.75, 3.05) is 26.4 Å². The van der Waals surface area contributed by atoms with E-state index in [0.29, 0.717) is 56.0 Å².